The van der Waals surface area contributed by atoms with Crippen molar-refractivity contribution in [1.82, 2.24) is 15.1 Å². The molecule has 1 heterocycles. The van der Waals surface area contributed by atoms with Crippen LogP contribution in [0.5, 0.6) is 0 Å². The van der Waals surface area contributed by atoms with Gasteiger partial charge in [-0.1, -0.05) is 23.7 Å². The Morgan fingerprint density at radius 2 is 2.05 bits per heavy atom. The summed E-state index contributed by atoms with van der Waals surface area (Å²) in [5.41, 5.74) is 1.22. The smallest absolute Gasteiger partial charge is 0.193 e. The van der Waals surface area contributed by atoms with E-state index in [2.05, 4.69) is 20.1 Å². The molecule has 5 heteroatoms. The third-order valence-electron chi connectivity index (χ3n) is 3.57. The van der Waals surface area contributed by atoms with Gasteiger partial charge in [-0.3, -0.25) is 4.99 Å². The van der Waals surface area contributed by atoms with E-state index in [4.69, 9.17) is 11.6 Å². The van der Waals surface area contributed by atoms with E-state index in [-0.39, 0.29) is 0 Å². The topological polar surface area (TPSA) is 30.9 Å². The fraction of sp³-hybridized carbons (Fsp3) is 0.533. The molecule has 1 aromatic rings. The van der Waals surface area contributed by atoms with Gasteiger partial charge in [0.15, 0.2) is 5.96 Å². The average molecular weight is 295 g/mol. The third-order valence-corrected chi connectivity index (χ3v) is 3.82. The molecule has 0 atom stereocenters. The lowest BCUT2D eigenvalue weighted by molar-refractivity contribution is 0.184. The Morgan fingerprint density at radius 3 is 2.60 bits per heavy atom. The van der Waals surface area contributed by atoms with Crippen LogP contribution in [-0.4, -0.2) is 56.0 Å². The highest BCUT2D eigenvalue weighted by Crippen LogP contribution is 2.11. The Hall–Kier alpha value is -1.26. The van der Waals surface area contributed by atoms with Crippen LogP contribution >= 0.6 is 11.6 Å². The molecule has 4 nitrogen and oxygen atoms in total. The number of nitrogens with one attached hydrogen (secondary N) is 1. The Morgan fingerprint density at radius 1 is 1.35 bits per heavy atom. The van der Waals surface area contributed by atoms with E-state index in [0.717, 1.165) is 30.6 Å². The van der Waals surface area contributed by atoms with Gasteiger partial charge in [0.1, 0.15) is 0 Å². The number of hydrogen-bond acceptors (Lipinski definition) is 2. The molecule has 0 unspecified atom stereocenters. The summed E-state index contributed by atoms with van der Waals surface area (Å²) in [5.74, 6) is 0.931. The molecular formula is C15H23ClN4. The molecule has 1 N–H and O–H groups in total. The summed E-state index contributed by atoms with van der Waals surface area (Å²) in [6, 6.07) is 7.94. The molecule has 110 valence electrons. The molecule has 0 spiro atoms. The van der Waals surface area contributed by atoms with Crippen LogP contribution in [0.1, 0.15) is 12.0 Å². The van der Waals surface area contributed by atoms with Crippen LogP contribution < -0.4 is 5.32 Å². The van der Waals surface area contributed by atoms with Crippen LogP contribution in [0.2, 0.25) is 5.02 Å². The predicted molar refractivity (Wildman–Crippen MR) is 85.3 cm³/mol. The van der Waals surface area contributed by atoms with Crippen molar-refractivity contribution in [2.75, 3.05) is 40.3 Å². The molecule has 1 aliphatic heterocycles. The molecule has 0 aromatic heterocycles. The maximum atomic E-state index is 5.90. The number of halogens is 1. The molecule has 0 radical (unpaired) electrons. The van der Waals surface area contributed by atoms with E-state index in [1.165, 1.54) is 25.1 Å². The number of likely N-dealkylation sites (tertiary alicyclic amines) is 1. The van der Waals surface area contributed by atoms with Crippen LogP contribution in [0, 0.1) is 0 Å². The number of guanidine groups is 1. The molecule has 1 saturated heterocycles. The maximum Gasteiger partial charge on any atom is 0.193 e. The van der Waals surface area contributed by atoms with Gasteiger partial charge in [0, 0.05) is 38.8 Å². The lowest BCUT2D eigenvalue weighted by Gasteiger charge is -2.31. The minimum absolute atomic E-state index is 0.772. The zero-order valence-corrected chi connectivity index (χ0v) is 13.0. The summed E-state index contributed by atoms with van der Waals surface area (Å²) in [6.45, 7) is 5.33. The summed E-state index contributed by atoms with van der Waals surface area (Å²) >= 11 is 5.90. The fourth-order valence-corrected chi connectivity index (χ4v) is 2.38. The van der Waals surface area contributed by atoms with Crippen molar-refractivity contribution < 1.29 is 0 Å². The van der Waals surface area contributed by atoms with Gasteiger partial charge in [-0.2, -0.15) is 0 Å². The maximum absolute atomic E-state index is 5.90. The van der Waals surface area contributed by atoms with Crippen molar-refractivity contribution >= 4 is 17.6 Å². The summed E-state index contributed by atoms with van der Waals surface area (Å²) in [7, 11) is 3.87. The van der Waals surface area contributed by atoms with Crippen molar-refractivity contribution in [2.45, 2.75) is 13.0 Å². The van der Waals surface area contributed by atoms with Crippen LogP contribution in [0.4, 0.5) is 0 Å². The van der Waals surface area contributed by atoms with E-state index in [1.54, 1.807) is 0 Å². The van der Waals surface area contributed by atoms with E-state index >= 15 is 0 Å². The summed E-state index contributed by atoms with van der Waals surface area (Å²) in [6.07, 6.45) is 1.34. The standard InChI is InChI=1S/C15H23ClN4/c1-17-15(18-8-11-20-9-3-10-20)19(2)12-13-4-6-14(16)7-5-13/h4-7H,3,8-12H2,1-2H3,(H,17,18). The summed E-state index contributed by atoms with van der Waals surface area (Å²) in [5, 5.41) is 4.18. The summed E-state index contributed by atoms with van der Waals surface area (Å²) < 4.78 is 0. The van der Waals surface area contributed by atoms with Gasteiger partial charge in [0.25, 0.3) is 0 Å². The van der Waals surface area contributed by atoms with Crippen molar-refractivity contribution in [1.29, 1.82) is 0 Å². The molecule has 0 saturated carbocycles. The number of rotatable bonds is 5. The lowest BCUT2D eigenvalue weighted by atomic mass is 10.2. The monoisotopic (exact) mass is 294 g/mol. The van der Waals surface area contributed by atoms with Gasteiger partial charge in [-0.05, 0) is 37.2 Å². The Labute approximate surface area is 126 Å². The van der Waals surface area contributed by atoms with E-state index in [1.807, 2.05) is 38.4 Å². The van der Waals surface area contributed by atoms with Crippen LogP contribution in [0.15, 0.2) is 29.3 Å². The van der Waals surface area contributed by atoms with Gasteiger partial charge in [-0.15, -0.1) is 0 Å². The molecular weight excluding hydrogens is 272 g/mol. The first-order valence-corrected chi connectivity index (χ1v) is 7.45. The highest BCUT2D eigenvalue weighted by molar-refractivity contribution is 6.30. The van der Waals surface area contributed by atoms with E-state index < -0.39 is 0 Å². The second-order valence-electron chi connectivity index (χ2n) is 5.15. The number of aliphatic imine (C=N–C) groups is 1. The molecule has 1 aliphatic rings. The molecule has 2 rings (SSSR count). The third kappa shape index (κ3) is 4.39. The Bertz CT molecular complexity index is 440. The summed E-state index contributed by atoms with van der Waals surface area (Å²) in [4.78, 5) is 8.90. The van der Waals surface area contributed by atoms with Gasteiger partial charge in [0.05, 0.1) is 0 Å². The number of hydrogen-bond donors (Lipinski definition) is 1. The van der Waals surface area contributed by atoms with Crippen LogP contribution in [-0.2, 0) is 6.54 Å². The van der Waals surface area contributed by atoms with E-state index in [9.17, 15) is 0 Å². The second kappa shape index (κ2) is 7.50. The molecule has 0 aliphatic carbocycles. The lowest BCUT2D eigenvalue weighted by Crippen LogP contribution is -2.45. The largest absolute Gasteiger partial charge is 0.355 e. The zero-order chi connectivity index (χ0) is 14.4. The molecule has 0 amide bonds. The highest BCUT2D eigenvalue weighted by Gasteiger charge is 2.13. The van der Waals surface area contributed by atoms with Crippen molar-refractivity contribution in [2.24, 2.45) is 4.99 Å². The first kappa shape index (κ1) is 15.1. The second-order valence-corrected chi connectivity index (χ2v) is 5.59. The van der Waals surface area contributed by atoms with Gasteiger partial charge in [-0.25, -0.2) is 0 Å². The first-order valence-electron chi connectivity index (χ1n) is 7.07. The quantitative estimate of drug-likeness (QED) is 0.666. The molecule has 20 heavy (non-hydrogen) atoms. The normalized spacial score (nSPS) is 15.8. The predicted octanol–water partition coefficient (Wildman–Crippen LogP) is 2.05. The Kier molecular flexibility index (Phi) is 5.68. The van der Waals surface area contributed by atoms with Gasteiger partial charge in [0.2, 0.25) is 0 Å². The number of nitrogens with zero attached hydrogens (tertiary/aromatic N) is 3. The fourth-order valence-electron chi connectivity index (χ4n) is 2.25. The zero-order valence-electron chi connectivity index (χ0n) is 12.3. The molecule has 1 fully saturated rings. The first-order chi connectivity index (χ1) is 9.69. The average Bonchev–Trinajstić information content (AvgIpc) is 2.39. The highest BCUT2D eigenvalue weighted by atomic mass is 35.5. The van der Waals surface area contributed by atoms with Crippen molar-refractivity contribution in [3.05, 3.63) is 34.9 Å². The van der Waals surface area contributed by atoms with Gasteiger partial charge >= 0.3 is 0 Å². The Balaban J connectivity index is 1.78. The van der Waals surface area contributed by atoms with Crippen LogP contribution in [0.3, 0.4) is 0 Å². The van der Waals surface area contributed by atoms with Crippen molar-refractivity contribution in [3.63, 3.8) is 0 Å². The van der Waals surface area contributed by atoms with E-state index in [0.29, 0.717) is 0 Å². The SMILES string of the molecule is CN=C(NCCN1CCC1)N(C)Cc1ccc(Cl)cc1. The number of benzene rings is 1. The molecule has 1 aromatic carbocycles. The van der Waals surface area contributed by atoms with Gasteiger partial charge < -0.3 is 15.1 Å². The van der Waals surface area contributed by atoms with Crippen molar-refractivity contribution in [3.8, 4) is 0 Å². The molecule has 0 bridgehead atoms. The van der Waals surface area contributed by atoms with Crippen LogP contribution in [0.25, 0.3) is 0 Å². The minimum atomic E-state index is 0.772. The minimum Gasteiger partial charge on any atom is -0.355 e.